The SMILES string of the molecule is Cc1cc2c(cn1)oc1ccc(-n3c4ccccc4n4c5ccccc5nc34)cc12.Cc1cccc2c1oc1ccc(-n3c4ccccc4n4c5ccccc5nc34)cc12.Cc1cccc2c1oc1ccc(-n3c4ccccc4n4c5ccccc5nc34)cc12.Cc1cccc2c1oc1ncc(-n3c4ccccc4n4c5ccccc5nc34)cc12. The Morgan fingerprint density at radius 3 is 0.900 bits per heavy atom. The largest absolute Gasteiger partial charge is 0.456 e. The van der Waals surface area contributed by atoms with Crippen LogP contribution in [0.3, 0.4) is 0 Å². The number of rotatable bonds is 4. The number of nitrogens with zero attached hydrogens (tertiary/aromatic N) is 14. The van der Waals surface area contributed by atoms with Gasteiger partial charge in [-0.15, -0.1) is 0 Å². The van der Waals surface area contributed by atoms with Gasteiger partial charge in [-0.25, -0.2) is 24.9 Å². The smallest absolute Gasteiger partial charge is 0.227 e. The summed E-state index contributed by atoms with van der Waals surface area (Å²) >= 11 is 0. The Morgan fingerprint density at radius 2 is 0.517 bits per heavy atom. The summed E-state index contributed by atoms with van der Waals surface area (Å²) in [5, 5.41) is 8.80. The van der Waals surface area contributed by atoms with Crippen LogP contribution in [-0.2, 0) is 0 Å². The molecule has 18 nitrogen and oxygen atoms in total. The predicted octanol–water partition coefficient (Wildman–Crippen LogP) is 25.3. The van der Waals surface area contributed by atoms with Crippen molar-refractivity contribution in [2.75, 3.05) is 0 Å². The van der Waals surface area contributed by atoms with Crippen LogP contribution in [0.4, 0.5) is 0 Å². The summed E-state index contributed by atoms with van der Waals surface area (Å²) in [6.45, 7) is 8.24. The van der Waals surface area contributed by atoms with Gasteiger partial charge in [-0.3, -0.25) is 40.9 Å². The Hall–Kier alpha value is -16.3. The molecule has 0 bridgehead atoms. The molecule has 14 heterocycles. The van der Waals surface area contributed by atoms with Crippen LogP contribution in [0.5, 0.6) is 0 Å². The van der Waals surface area contributed by atoms with Gasteiger partial charge in [0.1, 0.15) is 33.5 Å². The summed E-state index contributed by atoms with van der Waals surface area (Å²) in [7, 11) is 0. The molecule has 28 rings (SSSR count). The first-order valence-electron chi connectivity index (χ1n) is 40.0. The highest BCUT2D eigenvalue weighted by atomic mass is 16.3. The van der Waals surface area contributed by atoms with Crippen molar-refractivity contribution < 1.29 is 17.7 Å². The highest BCUT2D eigenvalue weighted by Gasteiger charge is 2.25. The van der Waals surface area contributed by atoms with Crippen LogP contribution in [0.15, 0.2) is 346 Å². The van der Waals surface area contributed by atoms with Gasteiger partial charge < -0.3 is 17.7 Å². The fourth-order valence-electron chi connectivity index (χ4n) is 18.4. The lowest BCUT2D eigenvalue weighted by molar-refractivity contribution is 0.651. The molecule has 0 saturated heterocycles. The first kappa shape index (κ1) is 67.0. The van der Waals surface area contributed by atoms with Crippen molar-refractivity contribution in [2.24, 2.45) is 0 Å². The topological polar surface area (TPSA) is 167 Å². The maximum atomic E-state index is 6.15. The third-order valence-electron chi connectivity index (χ3n) is 23.8. The molecule has 0 unspecified atom stereocenters. The van der Waals surface area contributed by atoms with E-state index >= 15 is 0 Å². The van der Waals surface area contributed by atoms with E-state index in [-0.39, 0.29) is 0 Å². The van der Waals surface area contributed by atoms with Crippen molar-refractivity contribution in [1.82, 2.24) is 65.8 Å². The molecule has 0 aliphatic carbocycles. The van der Waals surface area contributed by atoms with Gasteiger partial charge in [0.05, 0.1) is 129 Å². The number of imidazole rings is 8. The minimum atomic E-state index is 0.657. The molecule has 0 atom stereocenters. The highest BCUT2D eigenvalue weighted by Crippen LogP contribution is 2.41. The summed E-state index contributed by atoms with van der Waals surface area (Å²) in [6, 6.07) is 109. The number of para-hydroxylation sites is 19. The Bertz CT molecular complexity index is 8280. The first-order valence-corrected chi connectivity index (χ1v) is 40.0. The Labute approximate surface area is 679 Å². The lowest BCUT2D eigenvalue weighted by Gasteiger charge is -2.05. The molecular weight excluding hydrogens is 1490 g/mol. The van der Waals surface area contributed by atoms with Crippen LogP contribution in [0.25, 0.3) is 222 Å². The fourth-order valence-corrected chi connectivity index (χ4v) is 18.4. The number of benzene rings is 14. The molecule has 14 aromatic carbocycles. The van der Waals surface area contributed by atoms with Crippen molar-refractivity contribution >= 4 is 199 Å². The van der Waals surface area contributed by atoms with E-state index in [9.17, 15) is 0 Å². The molecule has 568 valence electrons. The van der Waals surface area contributed by atoms with Crippen LogP contribution in [0.1, 0.15) is 22.4 Å². The van der Waals surface area contributed by atoms with Crippen LogP contribution >= 0.6 is 0 Å². The average Bonchev–Trinajstić information content (AvgIpc) is 1.57. The highest BCUT2D eigenvalue weighted by molar-refractivity contribution is 6.11. The van der Waals surface area contributed by atoms with Crippen LogP contribution in [0.2, 0.25) is 0 Å². The Morgan fingerprint density at radius 1 is 0.217 bits per heavy atom. The molecule has 14 aromatic heterocycles. The maximum Gasteiger partial charge on any atom is 0.227 e. The van der Waals surface area contributed by atoms with E-state index < -0.39 is 0 Å². The summed E-state index contributed by atoms with van der Waals surface area (Å²) in [4.78, 5) is 28.9. The number of pyridine rings is 2. The zero-order valence-corrected chi connectivity index (χ0v) is 65.1. The van der Waals surface area contributed by atoms with Gasteiger partial charge in [-0.2, -0.15) is 0 Å². The van der Waals surface area contributed by atoms with Crippen molar-refractivity contribution in [2.45, 2.75) is 27.7 Å². The number of hydrogen-bond acceptors (Lipinski definition) is 10. The molecule has 0 aliphatic rings. The molecular formula is C102H66N14O4. The molecule has 0 N–H and O–H groups in total. The Kier molecular flexibility index (Phi) is 14.3. The van der Waals surface area contributed by atoms with Crippen molar-refractivity contribution in [3.63, 3.8) is 0 Å². The molecule has 0 radical (unpaired) electrons. The third-order valence-corrected chi connectivity index (χ3v) is 23.8. The second kappa shape index (κ2) is 25.6. The molecule has 0 aliphatic heterocycles. The number of furan rings is 4. The summed E-state index contributed by atoms with van der Waals surface area (Å²) < 4.78 is 42.2. The minimum absolute atomic E-state index is 0.657. The van der Waals surface area contributed by atoms with Gasteiger partial charge in [0.2, 0.25) is 28.8 Å². The van der Waals surface area contributed by atoms with Crippen LogP contribution in [0, 0.1) is 27.7 Å². The zero-order valence-electron chi connectivity index (χ0n) is 65.1. The first-order chi connectivity index (χ1) is 59.2. The van der Waals surface area contributed by atoms with E-state index in [4.69, 9.17) is 37.6 Å². The second-order valence-corrected chi connectivity index (χ2v) is 30.9. The van der Waals surface area contributed by atoms with E-state index in [0.717, 1.165) is 239 Å². The average molecular weight is 1550 g/mol. The van der Waals surface area contributed by atoms with Gasteiger partial charge in [0, 0.05) is 43.4 Å². The molecule has 0 saturated carbocycles. The van der Waals surface area contributed by atoms with E-state index in [1.54, 1.807) is 6.20 Å². The normalized spacial score (nSPS) is 12.2. The minimum Gasteiger partial charge on any atom is -0.456 e. The van der Waals surface area contributed by atoms with Crippen molar-refractivity contribution in [1.29, 1.82) is 0 Å². The second-order valence-electron chi connectivity index (χ2n) is 30.9. The van der Waals surface area contributed by atoms with Gasteiger partial charge in [-0.1, -0.05) is 152 Å². The monoisotopic (exact) mass is 1550 g/mol. The Balaban J connectivity index is 0.0000000886. The molecule has 0 amide bonds. The van der Waals surface area contributed by atoms with E-state index in [2.05, 4.69) is 352 Å². The van der Waals surface area contributed by atoms with Crippen molar-refractivity contribution in [3.05, 3.63) is 350 Å². The number of fused-ring (bicyclic) bond motifs is 32. The van der Waals surface area contributed by atoms with E-state index in [0.29, 0.717) is 5.71 Å². The van der Waals surface area contributed by atoms with Gasteiger partial charge in [0.15, 0.2) is 5.58 Å². The van der Waals surface area contributed by atoms with Gasteiger partial charge in [0.25, 0.3) is 0 Å². The number of aryl methyl sites for hydroxylation is 4. The molecule has 0 spiro atoms. The van der Waals surface area contributed by atoms with Crippen molar-refractivity contribution in [3.8, 4) is 22.7 Å². The number of hydrogen-bond donors (Lipinski definition) is 0. The summed E-state index contributed by atoms with van der Waals surface area (Å²) in [5.74, 6) is 3.62. The quantitative estimate of drug-likeness (QED) is 0.165. The molecule has 0 fully saturated rings. The van der Waals surface area contributed by atoms with E-state index in [1.807, 2.05) is 43.5 Å². The summed E-state index contributed by atoms with van der Waals surface area (Å²) in [6.07, 6.45) is 3.67. The lowest BCUT2D eigenvalue weighted by atomic mass is 10.1. The summed E-state index contributed by atoms with van der Waals surface area (Å²) in [5.41, 5.74) is 33.0. The van der Waals surface area contributed by atoms with Gasteiger partial charge in [-0.05, 0) is 208 Å². The molecule has 28 aromatic rings. The van der Waals surface area contributed by atoms with Gasteiger partial charge >= 0.3 is 0 Å². The standard InChI is InChI=1S/2C26H17N3O.2C25H16N4O/c2*1-16-7-6-8-18-19-15-17(13-14-24(19)30-25(16)18)28-22-11-4-5-12-23(22)29-21-10-3-2-9-20(21)27-26(28)29;1-15-7-6-8-17-18-13-16(14-26-24(18)30-23(15)17)28-21-11-4-5-12-22(21)29-20-10-3-2-9-19(20)27-25(28)29;1-15-12-17-18-13-16(10-11-23(18)30-24(17)14-26-15)28-21-8-4-5-9-22(21)29-20-7-3-2-6-19(20)27-25(28)29/h2*2-15H,1H3;2*2-14H,1H3. The van der Waals surface area contributed by atoms with Crippen LogP contribution in [-0.4, -0.2) is 65.8 Å². The maximum absolute atomic E-state index is 6.15. The molecule has 18 heteroatoms. The third kappa shape index (κ3) is 9.89. The lowest BCUT2D eigenvalue weighted by Crippen LogP contribution is -1.95. The fraction of sp³-hybridized carbons (Fsp3) is 0.0392. The predicted molar refractivity (Wildman–Crippen MR) is 482 cm³/mol. The van der Waals surface area contributed by atoms with Crippen LogP contribution < -0.4 is 0 Å². The number of aromatic nitrogens is 14. The zero-order chi connectivity index (χ0) is 79.3. The molecule has 120 heavy (non-hydrogen) atoms. The van der Waals surface area contributed by atoms with E-state index in [1.165, 1.54) is 0 Å².